The van der Waals surface area contributed by atoms with E-state index >= 15 is 0 Å². The number of benzene rings is 2. The maximum absolute atomic E-state index is 13.0. The van der Waals surface area contributed by atoms with E-state index in [0.29, 0.717) is 36.5 Å². The lowest BCUT2D eigenvalue weighted by Crippen LogP contribution is -2.05. The standard InChI is InChI=1S/C24H23N3O4S/c1-2-14-31-20-4-3-5-22(15-20)32(29,30)21-9-6-18(7-10-21)8-11-23(28)19-16-26-24-25-12-13-27(24)17-19/h3-7,9-10,12-13,15-17H,2,8,11,14H2,1H3. The average Bonchev–Trinajstić information content (AvgIpc) is 3.29. The number of Topliss-reactive ketones (excluding diaryl/α,β-unsaturated/α-hetero) is 1. The van der Waals surface area contributed by atoms with Crippen molar-refractivity contribution in [1.82, 2.24) is 14.4 Å². The molecule has 7 nitrogen and oxygen atoms in total. The summed E-state index contributed by atoms with van der Waals surface area (Å²) in [5.41, 5.74) is 1.40. The van der Waals surface area contributed by atoms with Crippen LogP contribution in [-0.4, -0.2) is 35.2 Å². The summed E-state index contributed by atoms with van der Waals surface area (Å²) < 4.78 is 33.2. The fourth-order valence-corrected chi connectivity index (χ4v) is 4.58. The first kappa shape index (κ1) is 21.7. The van der Waals surface area contributed by atoms with Crippen LogP contribution in [-0.2, 0) is 16.3 Å². The molecule has 0 amide bonds. The Morgan fingerprint density at radius 1 is 1.06 bits per heavy atom. The van der Waals surface area contributed by atoms with E-state index in [1.165, 1.54) is 6.20 Å². The summed E-state index contributed by atoms with van der Waals surface area (Å²) in [5, 5.41) is 0. The Kier molecular flexibility index (Phi) is 6.32. The minimum absolute atomic E-state index is 0.0336. The second-order valence-electron chi connectivity index (χ2n) is 7.37. The number of hydrogen-bond acceptors (Lipinski definition) is 6. The topological polar surface area (TPSA) is 90.6 Å². The quantitative estimate of drug-likeness (QED) is 0.356. The highest BCUT2D eigenvalue weighted by Crippen LogP contribution is 2.25. The van der Waals surface area contributed by atoms with Crippen LogP contribution < -0.4 is 4.74 Å². The van der Waals surface area contributed by atoms with Gasteiger partial charge in [0, 0.05) is 31.2 Å². The number of nitrogens with zero attached hydrogens (tertiary/aromatic N) is 3. The van der Waals surface area contributed by atoms with Gasteiger partial charge in [0.2, 0.25) is 15.6 Å². The van der Waals surface area contributed by atoms with Crippen LogP contribution in [0.2, 0.25) is 0 Å². The van der Waals surface area contributed by atoms with Crippen LogP contribution in [0.4, 0.5) is 0 Å². The second-order valence-corrected chi connectivity index (χ2v) is 9.32. The van der Waals surface area contributed by atoms with E-state index < -0.39 is 9.84 Å². The van der Waals surface area contributed by atoms with E-state index in [1.54, 1.807) is 71.5 Å². The predicted molar refractivity (Wildman–Crippen MR) is 120 cm³/mol. The first-order valence-corrected chi connectivity index (χ1v) is 11.8. The Bertz CT molecular complexity index is 1350. The zero-order valence-corrected chi connectivity index (χ0v) is 18.5. The molecule has 2 heterocycles. The largest absolute Gasteiger partial charge is 0.494 e. The third kappa shape index (κ3) is 4.70. The van der Waals surface area contributed by atoms with Crippen molar-refractivity contribution in [3.8, 4) is 5.75 Å². The number of carbonyl (C=O) groups is 1. The highest BCUT2D eigenvalue weighted by Gasteiger charge is 2.18. The number of carbonyl (C=O) groups excluding carboxylic acids is 1. The minimum Gasteiger partial charge on any atom is -0.494 e. The Balaban J connectivity index is 1.43. The maximum atomic E-state index is 13.0. The highest BCUT2D eigenvalue weighted by atomic mass is 32.2. The number of ether oxygens (including phenoxy) is 1. The maximum Gasteiger partial charge on any atom is 0.233 e. The number of fused-ring (bicyclic) bond motifs is 1. The minimum atomic E-state index is -3.66. The summed E-state index contributed by atoms with van der Waals surface area (Å²) in [6, 6.07) is 13.2. The molecule has 0 N–H and O–H groups in total. The van der Waals surface area contributed by atoms with E-state index in [0.717, 1.165) is 12.0 Å². The Morgan fingerprint density at radius 3 is 2.66 bits per heavy atom. The molecule has 0 spiro atoms. The van der Waals surface area contributed by atoms with Crippen molar-refractivity contribution < 1.29 is 17.9 Å². The second kappa shape index (κ2) is 9.32. The van der Waals surface area contributed by atoms with Gasteiger partial charge in [-0.1, -0.05) is 25.1 Å². The number of rotatable bonds is 9. The molecule has 4 aromatic rings. The molecule has 0 saturated heterocycles. The fourth-order valence-electron chi connectivity index (χ4n) is 3.29. The first-order chi connectivity index (χ1) is 15.5. The van der Waals surface area contributed by atoms with Crippen molar-refractivity contribution in [3.63, 3.8) is 0 Å². The van der Waals surface area contributed by atoms with Gasteiger partial charge in [0.15, 0.2) is 5.78 Å². The van der Waals surface area contributed by atoms with E-state index in [4.69, 9.17) is 4.74 Å². The van der Waals surface area contributed by atoms with Crippen molar-refractivity contribution in [2.75, 3.05) is 6.61 Å². The summed E-state index contributed by atoms with van der Waals surface area (Å²) in [4.78, 5) is 21.1. The van der Waals surface area contributed by atoms with Gasteiger partial charge in [-0.15, -0.1) is 0 Å². The van der Waals surface area contributed by atoms with Gasteiger partial charge >= 0.3 is 0 Å². The molecule has 0 aliphatic rings. The predicted octanol–water partition coefficient (Wildman–Crippen LogP) is 4.17. The van der Waals surface area contributed by atoms with Crippen molar-refractivity contribution in [1.29, 1.82) is 0 Å². The molecule has 0 radical (unpaired) electrons. The van der Waals surface area contributed by atoms with Gasteiger partial charge in [0.25, 0.3) is 0 Å². The van der Waals surface area contributed by atoms with Gasteiger partial charge in [-0.3, -0.25) is 9.20 Å². The fraction of sp³-hybridized carbons (Fsp3) is 0.208. The van der Waals surface area contributed by atoms with Crippen LogP contribution in [0.1, 0.15) is 35.7 Å². The van der Waals surface area contributed by atoms with Crippen molar-refractivity contribution >= 4 is 21.4 Å². The lowest BCUT2D eigenvalue weighted by molar-refractivity contribution is 0.0982. The molecule has 0 saturated carbocycles. The number of ketones is 1. The van der Waals surface area contributed by atoms with E-state index in [9.17, 15) is 13.2 Å². The van der Waals surface area contributed by atoms with Crippen LogP contribution in [0.15, 0.2) is 83.1 Å². The normalized spacial score (nSPS) is 11.5. The van der Waals surface area contributed by atoms with Crippen molar-refractivity contribution in [2.45, 2.75) is 36.0 Å². The van der Waals surface area contributed by atoms with Crippen LogP contribution in [0.3, 0.4) is 0 Å². The van der Waals surface area contributed by atoms with E-state index in [-0.39, 0.29) is 15.6 Å². The van der Waals surface area contributed by atoms with E-state index in [2.05, 4.69) is 9.97 Å². The lowest BCUT2D eigenvalue weighted by Gasteiger charge is -2.09. The molecule has 2 aromatic carbocycles. The number of hydrogen-bond donors (Lipinski definition) is 0. The number of aryl methyl sites for hydroxylation is 1. The molecule has 0 bridgehead atoms. The van der Waals surface area contributed by atoms with Crippen LogP contribution in [0.5, 0.6) is 5.75 Å². The van der Waals surface area contributed by atoms with Gasteiger partial charge in [-0.25, -0.2) is 18.4 Å². The molecule has 0 aliphatic carbocycles. The summed E-state index contributed by atoms with van der Waals surface area (Å²) >= 11 is 0. The number of aromatic nitrogens is 3. The summed E-state index contributed by atoms with van der Waals surface area (Å²) in [5.74, 6) is 1.04. The van der Waals surface area contributed by atoms with Crippen molar-refractivity contribution in [3.05, 3.63) is 84.4 Å². The summed E-state index contributed by atoms with van der Waals surface area (Å²) in [7, 11) is -3.66. The SMILES string of the molecule is CCCOc1cccc(S(=O)(=O)c2ccc(CCC(=O)c3cnc4nccn4c3)cc2)c1. The molecule has 0 atom stereocenters. The van der Waals surface area contributed by atoms with Gasteiger partial charge in [0.1, 0.15) is 5.75 Å². The molecule has 32 heavy (non-hydrogen) atoms. The average molecular weight is 450 g/mol. The Hall–Kier alpha value is -3.52. The van der Waals surface area contributed by atoms with Gasteiger partial charge in [-0.2, -0.15) is 0 Å². The smallest absolute Gasteiger partial charge is 0.233 e. The number of imidazole rings is 1. The third-order valence-electron chi connectivity index (χ3n) is 5.03. The summed E-state index contributed by atoms with van der Waals surface area (Å²) in [6.07, 6.45) is 8.25. The molecule has 4 rings (SSSR count). The molecule has 0 aliphatic heterocycles. The first-order valence-electron chi connectivity index (χ1n) is 10.4. The van der Waals surface area contributed by atoms with E-state index in [1.807, 2.05) is 6.92 Å². The zero-order chi connectivity index (χ0) is 22.6. The van der Waals surface area contributed by atoms with Crippen molar-refractivity contribution in [2.24, 2.45) is 0 Å². The Labute approximate surface area is 186 Å². The Morgan fingerprint density at radius 2 is 1.88 bits per heavy atom. The molecule has 8 heteroatoms. The molecular weight excluding hydrogens is 426 g/mol. The summed E-state index contributed by atoms with van der Waals surface area (Å²) in [6.45, 7) is 2.52. The molecule has 164 valence electrons. The third-order valence-corrected chi connectivity index (χ3v) is 6.80. The zero-order valence-electron chi connectivity index (χ0n) is 17.6. The van der Waals surface area contributed by atoms with Gasteiger partial charge in [-0.05, 0) is 48.7 Å². The van der Waals surface area contributed by atoms with Gasteiger partial charge in [0.05, 0.1) is 22.0 Å². The van der Waals surface area contributed by atoms with Gasteiger partial charge < -0.3 is 4.74 Å². The van der Waals surface area contributed by atoms with Crippen LogP contribution in [0.25, 0.3) is 5.78 Å². The van der Waals surface area contributed by atoms with Crippen LogP contribution >= 0.6 is 0 Å². The highest BCUT2D eigenvalue weighted by molar-refractivity contribution is 7.91. The molecule has 0 unspecified atom stereocenters. The number of sulfone groups is 1. The monoisotopic (exact) mass is 449 g/mol. The van der Waals surface area contributed by atoms with Crippen LogP contribution in [0, 0.1) is 0 Å². The molecule has 2 aromatic heterocycles. The molecule has 0 fully saturated rings. The lowest BCUT2D eigenvalue weighted by atomic mass is 10.0. The molecular formula is C24H23N3O4S.